The van der Waals surface area contributed by atoms with Crippen LogP contribution >= 0.6 is 15.9 Å². The average Bonchev–Trinajstić information content (AvgIpc) is 2.27. The highest BCUT2D eigenvalue weighted by Crippen LogP contribution is 2.16. The maximum Gasteiger partial charge on any atom is 0.252 e. The quantitative estimate of drug-likeness (QED) is 0.931. The van der Waals surface area contributed by atoms with Gasteiger partial charge < -0.3 is 5.32 Å². The van der Waals surface area contributed by atoms with E-state index in [1.54, 1.807) is 19.1 Å². The van der Waals surface area contributed by atoms with Crippen LogP contribution in [0.5, 0.6) is 0 Å². The van der Waals surface area contributed by atoms with Gasteiger partial charge in [-0.1, -0.05) is 22.9 Å². The zero-order valence-corrected chi connectivity index (χ0v) is 11.8. The molecule has 1 amide bonds. The van der Waals surface area contributed by atoms with Crippen molar-refractivity contribution in [2.45, 2.75) is 32.7 Å². The fraction of sp³-hybridized carbons (Fsp3) is 0.385. The van der Waals surface area contributed by atoms with Gasteiger partial charge in [0.2, 0.25) is 0 Å². The summed E-state index contributed by atoms with van der Waals surface area (Å²) in [7, 11) is 0. The largest absolute Gasteiger partial charge is 0.334 e. The van der Waals surface area contributed by atoms with Crippen molar-refractivity contribution in [2.75, 3.05) is 0 Å². The van der Waals surface area contributed by atoms with Crippen molar-refractivity contribution in [3.05, 3.63) is 33.8 Å². The molecular formula is C13H15BrN2O. The maximum absolute atomic E-state index is 12.0. The summed E-state index contributed by atoms with van der Waals surface area (Å²) in [5.41, 5.74) is 0.749. The molecule has 0 heterocycles. The number of benzene rings is 1. The van der Waals surface area contributed by atoms with Gasteiger partial charge >= 0.3 is 0 Å². The van der Waals surface area contributed by atoms with Crippen LogP contribution in [0.25, 0.3) is 0 Å². The third-order valence-corrected chi connectivity index (χ3v) is 3.11. The van der Waals surface area contributed by atoms with Crippen LogP contribution in [0.2, 0.25) is 0 Å². The van der Waals surface area contributed by atoms with Crippen molar-refractivity contribution < 1.29 is 4.79 Å². The first-order chi connectivity index (χ1) is 7.90. The van der Waals surface area contributed by atoms with Crippen LogP contribution < -0.4 is 5.32 Å². The molecule has 0 aliphatic heterocycles. The van der Waals surface area contributed by atoms with Gasteiger partial charge in [-0.15, -0.1) is 0 Å². The Balaban J connectivity index is 2.95. The molecular weight excluding hydrogens is 280 g/mol. The van der Waals surface area contributed by atoms with Crippen LogP contribution in [0.1, 0.15) is 36.2 Å². The number of nitriles is 1. The minimum atomic E-state index is -0.812. The summed E-state index contributed by atoms with van der Waals surface area (Å²) < 4.78 is 0.859. The van der Waals surface area contributed by atoms with E-state index < -0.39 is 5.54 Å². The minimum Gasteiger partial charge on any atom is -0.334 e. The number of aryl methyl sites for hydroxylation is 1. The van der Waals surface area contributed by atoms with Crippen molar-refractivity contribution in [1.82, 2.24) is 5.32 Å². The van der Waals surface area contributed by atoms with Crippen molar-refractivity contribution in [1.29, 1.82) is 5.26 Å². The smallest absolute Gasteiger partial charge is 0.252 e. The lowest BCUT2D eigenvalue weighted by Gasteiger charge is -2.21. The molecule has 1 aromatic carbocycles. The monoisotopic (exact) mass is 294 g/mol. The fourth-order valence-corrected chi connectivity index (χ4v) is 1.99. The zero-order valence-electron chi connectivity index (χ0n) is 10.2. The zero-order chi connectivity index (χ0) is 13.1. The summed E-state index contributed by atoms with van der Waals surface area (Å²) in [6.07, 6.45) is 0.572. The lowest BCUT2D eigenvalue weighted by molar-refractivity contribution is 0.0923. The number of amides is 1. The Morgan fingerprint density at radius 3 is 2.65 bits per heavy atom. The van der Waals surface area contributed by atoms with E-state index in [0.29, 0.717) is 12.0 Å². The van der Waals surface area contributed by atoms with E-state index in [-0.39, 0.29) is 5.91 Å². The average molecular weight is 295 g/mol. The van der Waals surface area contributed by atoms with Gasteiger partial charge in [-0.25, -0.2) is 0 Å². The highest BCUT2D eigenvalue weighted by molar-refractivity contribution is 9.10. The van der Waals surface area contributed by atoms with Crippen LogP contribution in [-0.4, -0.2) is 11.4 Å². The van der Waals surface area contributed by atoms with Gasteiger partial charge in [0.25, 0.3) is 5.91 Å². The van der Waals surface area contributed by atoms with E-state index in [1.807, 2.05) is 19.9 Å². The summed E-state index contributed by atoms with van der Waals surface area (Å²) >= 11 is 3.35. The van der Waals surface area contributed by atoms with E-state index in [0.717, 1.165) is 10.0 Å². The van der Waals surface area contributed by atoms with E-state index in [4.69, 9.17) is 5.26 Å². The SMILES string of the molecule is CCC(C)(C#N)NC(=O)c1cc(C)cc(Br)c1. The summed E-state index contributed by atoms with van der Waals surface area (Å²) in [6, 6.07) is 7.59. The Kier molecular flexibility index (Phi) is 4.30. The molecule has 1 aromatic rings. The van der Waals surface area contributed by atoms with Crippen LogP contribution in [-0.2, 0) is 0 Å². The van der Waals surface area contributed by atoms with Gasteiger partial charge in [-0.2, -0.15) is 5.26 Å². The van der Waals surface area contributed by atoms with Crippen molar-refractivity contribution in [2.24, 2.45) is 0 Å². The molecule has 0 saturated carbocycles. The Morgan fingerprint density at radius 1 is 1.53 bits per heavy atom. The molecule has 0 bridgehead atoms. The van der Waals surface area contributed by atoms with Crippen LogP contribution in [0.3, 0.4) is 0 Å². The molecule has 0 spiro atoms. The van der Waals surface area contributed by atoms with Gasteiger partial charge in [-0.3, -0.25) is 4.79 Å². The number of nitrogens with one attached hydrogen (secondary N) is 1. The van der Waals surface area contributed by atoms with E-state index in [2.05, 4.69) is 27.3 Å². The van der Waals surface area contributed by atoms with Gasteiger partial charge in [0.15, 0.2) is 0 Å². The van der Waals surface area contributed by atoms with E-state index in [1.165, 1.54) is 0 Å². The molecule has 0 aromatic heterocycles. The molecule has 0 saturated heterocycles. The Bertz CT molecular complexity index is 459. The van der Waals surface area contributed by atoms with Crippen molar-refractivity contribution in [3.8, 4) is 6.07 Å². The normalized spacial score (nSPS) is 13.6. The van der Waals surface area contributed by atoms with E-state index >= 15 is 0 Å². The first-order valence-electron chi connectivity index (χ1n) is 5.41. The maximum atomic E-state index is 12.0. The summed E-state index contributed by atoms with van der Waals surface area (Å²) in [5, 5.41) is 11.8. The minimum absolute atomic E-state index is 0.222. The second kappa shape index (κ2) is 5.33. The number of rotatable bonds is 3. The number of carbonyl (C=O) groups excluding carboxylic acids is 1. The van der Waals surface area contributed by atoms with Crippen LogP contribution in [0, 0.1) is 18.3 Å². The molecule has 17 heavy (non-hydrogen) atoms. The number of halogens is 1. The predicted molar refractivity (Wildman–Crippen MR) is 70.7 cm³/mol. The number of hydrogen-bond acceptors (Lipinski definition) is 2. The number of carbonyl (C=O) groups is 1. The molecule has 1 atom stereocenters. The lowest BCUT2D eigenvalue weighted by atomic mass is 10.0. The summed E-state index contributed by atoms with van der Waals surface area (Å²) in [4.78, 5) is 12.0. The van der Waals surface area contributed by atoms with Crippen molar-refractivity contribution >= 4 is 21.8 Å². The molecule has 0 aliphatic carbocycles. The first kappa shape index (κ1) is 13.7. The van der Waals surface area contributed by atoms with Gasteiger partial charge in [-0.05, 0) is 44.0 Å². The third kappa shape index (κ3) is 3.57. The third-order valence-electron chi connectivity index (χ3n) is 2.65. The highest BCUT2D eigenvalue weighted by Gasteiger charge is 2.24. The van der Waals surface area contributed by atoms with Gasteiger partial charge in [0, 0.05) is 10.0 Å². The Morgan fingerprint density at radius 2 is 2.18 bits per heavy atom. The molecule has 0 aliphatic rings. The summed E-state index contributed by atoms with van der Waals surface area (Å²) in [6.45, 7) is 5.51. The summed E-state index contributed by atoms with van der Waals surface area (Å²) in [5.74, 6) is -0.222. The van der Waals surface area contributed by atoms with Gasteiger partial charge in [0.1, 0.15) is 5.54 Å². The highest BCUT2D eigenvalue weighted by atomic mass is 79.9. The topological polar surface area (TPSA) is 52.9 Å². The first-order valence-corrected chi connectivity index (χ1v) is 6.20. The molecule has 3 nitrogen and oxygen atoms in total. The lowest BCUT2D eigenvalue weighted by Crippen LogP contribution is -2.44. The van der Waals surface area contributed by atoms with E-state index in [9.17, 15) is 4.79 Å². The predicted octanol–water partition coefficient (Wildman–Crippen LogP) is 3.18. The molecule has 0 fully saturated rings. The second-order valence-electron chi connectivity index (χ2n) is 4.27. The van der Waals surface area contributed by atoms with Crippen LogP contribution in [0.15, 0.2) is 22.7 Å². The molecule has 1 unspecified atom stereocenters. The number of nitrogens with zero attached hydrogens (tertiary/aromatic N) is 1. The Labute approximate surface area is 110 Å². The second-order valence-corrected chi connectivity index (χ2v) is 5.18. The van der Waals surface area contributed by atoms with Crippen LogP contribution in [0.4, 0.5) is 0 Å². The fourth-order valence-electron chi connectivity index (χ4n) is 1.39. The standard InChI is InChI=1S/C13H15BrN2O/c1-4-13(3,8-15)16-12(17)10-5-9(2)6-11(14)7-10/h5-7H,4H2,1-3H3,(H,16,17). The molecule has 4 heteroatoms. The molecule has 90 valence electrons. The molecule has 1 N–H and O–H groups in total. The molecule has 1 rings (SSSR count). The number of hydrogen-bond donors (Lipinski definition) is 1. The van der Waals surface area contributed by atoms with Gasteiger partial charge in [0.05, 0.1) is 6.07 Å². The Hall–Kier alpha value is -1.34. The molecule has 0 radical (unpaired) electrons. The van der Waals surface area contributed by atoms with Crippen molar-refractivity contribution in [3.63, 3.8) is 0 Å².